The van der Waals surface area contributed by atoms with Gasteiger partial charge in [0.15, 0.2) is 11.5 Å². The number of hydrogen-bond donors (Lipinski definition) is 1. The first kappa shape index (κ1) is 17.6. The second kappa shape index (κ2) is 8.72. The fraction of sp³-hybridized carbons (Fsp3) is 0.571. The van der Waals surface area contributed by atoms with E-state index in [1.54, 1.807) is 14.2 Å². The molecule has 1 aromatic carbocycles. The van der Waals surface area contributed by atoms with Gasteiger partial charge in [0.2, 0.25) is 0 Å². The van der Waals surface area contributed by atoms with Crippen LogP contribution >= 0.6 is 28.3 Å². The molecule has 2 rings (SSSR count). The van der Waals surface area contributed by atoms with Gasteiger partial charge in [-0.05, 0) is 46.5 Å². The Labute approximate surface area is 134 Å². The highest BCUT2D eigenvalue weighted by Gasteiger charge is 2.15. The van der Waals surface area contributed by atoms with E-state index in [9.17, 15) is 0 Å². The normalized spacial score (nSPS) is 17.6. The Morgan fingerprint density at radius 3 is 2.75 bits per heavy atom. The Hall–Kier alpha value is -0.490. The fourth-order valence-corrected chi connectivity index (χ4v) is 2.91. The minimum absolute atomic E-state index is 0. The van der Waals surface area contributed by atoms with E-state index >= 15 is 0 Å². The van der Waals surface area contributed by atoms with Gasteiger partial charge in [-0.1, -0.05) is 0 Å². The van der Waals surface area contributed by atoms with Crippen molar-refractivity contribution in [1.29, 1.82) is 0 Å². The highest BCUT2D eigenvalue weighted by molar-refractivity contribution is 9.10. The van der Waals surface area contributed by atoms with E-state index in [4.69, 9.17) is 14.2 Å². The van der Waals surface area contributed by atoms with Crippen LogP contribution in [-0.4, -0.2) is 33.5 Å². The maximum absolute atomic E-state index is 5.58. The van der Waals surface area contributed by atoms with Crippen molar-refractivity contribution in [2.45, 2.75) is 25.5 Å². The maximum Gasteiger partial charge on any atom is 0.174 e. The second-order valence-corrected chi connectivity index (χ2v) is 5.43. The molecule has 114 valence electrons. The summed E-state index contributed by atoms with van der Waals surface area (Å²) in [6, 6.07) is 4.04. The van der Waals surface area contributed by atoms with Gasteiger partial charge in [-0.2, -0.15) is 0 Å². The second-order valence-electron chi connectivity index (χ2n) is 4.58. The SMILES string of the molecule is COc1cc(CNCC2CCCO2)cc(Br)c1OC.Cl. The highest BCUT2D eigenvalue weighted by Crippen LogP contribution is 2.36. The van der Waals surface area contributed by atoms with E-state index in [-0.39, 0.29) is 12.4 Å². The average molecular weight is 367 g/mol. The average Bonchev–Trinajstić information content (AvgIpc) is 2.91. The van der Waals surface area contributed by atoms with Gasteiger partial charge in [-0.25, -0.2) is 0 Å². The summed E-state index contributed by atoms with van der Waals surface area (Å²) in [6.45, 7) is 2.58. The van der Waals surface area contributed by atoms with E-state index in [2.05, 4.69) is 21.2 Å². The van der Waals surface area contributed by atoms with Crippen LogP contribution in [0.3, 0.4) is 0 Å². The van der Waals surface area contributed by atoms with Crippen LogP contribution in [0.1, 0.15) is 18.4 Å². The summed E-state index contributed by atoms with van der Waals surface area (Å²) < 4.78 is 17.1. The van der Waals surface area contributed by atoms with Crippen LogP contribution < -0.4 is 14.8 Å². The number of hydrogen-bond acceptors (Lipinski definition) is 4. The first-order chi connectivity index (χ1) is 9.24. The Kier molecular flexibility index (Phi) is 7.66. The molecular weight excluding hydrogens is 346 g/mol. The summed E-state index contributed by atoms with van der Waals surface area (Å²) in [4.78, 5) is 0. The van der Waals surface area contributed by atoms with Crippen molar-refractivity contribution in [1.82, 2.24) is 5.32 Å². The molecule has 0 aromatic heterocycles. The van der Waals surface area contributed by atoms with Gasteiger partial charge in [-0.3, -0.25) is 0 Å². The third-order valence-electron chi connectivity index (χ3n) is 3.22. The summed E-state index contributed by atoms with van der Waals surface area (Å²) in [7, 11) is 3.28. The van der Waals surface area contributed by atoms with E-state index in [1.165, 1.54) is 6.42 Å². The molecule has 1 aliphatic heterocycles. The number of rotatable bonds is 6. The molecule has 1 N–H and O–H groups in total. The molecule has 0 amide bonds. The molecule has 1 fully saturated rings. The molecule has 6 heteroatoms. The van der Waals surface area contributed by atoms with Crippen LogP contribution in [-0.2, 0) is 11.3 Å². The molecule has 0 radical (unpaired) electrons. The van der Waals surface area contributed by atoms with Crippen LogP contribution in [0.2, 0.25) is 0 Å². The van der Waals surface area contributed by atoms with E-state index in [0.717, 1.165) is 47.7 Å². The van der Waals surface area contributed by atoms with E-state index in [1.807, 2.05) is 12.1 Å². The Morgan fingerprint density at radius 2 is 2.15 bits per heavy atom. The lowest BCUT2D eigenvalue weighted by molar-refractivity contribution is 0.110. The smallest absolute Gasteiger partial charge is 0.174 e. The van der Waals surface area contributed by atoms with Gasteiger partial charge in [0, 0.05) is 19.7 Å². The standard InChI is InChI=1S/C14H20BrNO3.ClH/c1-17-13-7-10(6-12(15)14(13)18-2)8-16-9-11-4-3-5-19-11;/h6-7,11,16H,3-5,8-9H2,1-2H3;1H. The fourth-order valence-electron chi connectivity index (χ4n) is 2.26. The zero-order chi connectivity index (χ0) is 13.7. The van der Waals surface area contributed by atoms with Gasteiger partial charge in [0.25, 0.3) is 0 Å². The van der Waals surface area contributed by atoms with Gasteiger partial charge < -0.3 is 19.5 Å². The molecule has 0 aliphatic carbocycles. The molecule has 1 heterocycles. The first-order valence-corrected chi connectivity index (χ1v) is 7.26. The summed E-state index contributed by atoms with van der Waals surface area (Å²) in [5.74, 6) is 1.47. The van der Waals surface area contributed by atoms with Crippen molar-refractivity contribution >= 4 is 28.3 Å². The predicted octanol–water partition coefficient (Wildman–Crippen LogP) is 3.16. The lowest BCUT2D eigenvalue weighted by Gasteiger charge is -2.14. The predicted molar refractivity (Wildman–Crippen MR) is 85.2 cm³/mol. The number of benzene rings is 1. The van der Waals surface area contributed by atoms with Crippen molar-refractivity contribution in [2.24, 2.45) is 0 Å². The molecule has 0 saturated carbocycles. The lowest BCUT2D eigenvalue weighted by atomic mass is 10.2. The monoisotopic (exact) mass is 365 g/mol. The summed E-state index contributed by atoms with van der Waals surface area (Å²) in [5.41, 5.74) is 1.16. The Bertz CT molecular complexity index is 425. The molecule has 20 heavy (non-hydrogen) atoms. The maximum atomic E-state index is 5.58. The summed E-state index contributed by atoms with van der Waals surface area (Å²) in [5, 5.41) is 3.42. The summed E-state index contributed by atoms with van der Waals surface area (Å²) >= 11 is 3.50. The van der Waals surface area contributed by atoms with Crippen LogP contribution in [0.15, 0.2) is 16.6 Å². The van der Waals surface area contributed by atoms with Gasteiger partial charge in [-0.15, -0.1) is 12.4 Å². The number of halogens is 2. The molecule has 0 spiro atoms. The topological polar surface area (TPSA) is 39.7 Å². The number of nitrogens with one attached hydrogen (secondary N) is 1. The Balaban J connectivity index is 0.00000200. The molecule has 1 atom stereocenters. The van der Waals surface area contributed by atoms with Gasteiger partial charge in [0.05, 0.1) is 24.8 Å². The molecule has 0 bridgehead atoms. The van der Waals surface area contributed by atoms with Crippen molar-refractivity contribution in [2.75, 3.05) is 27.4 Å². The lowest BCUT2D eigenvalue weighted by Crippen LogP contribution is -2.25. The van der Waals surface area contributed by atoms with Gasteiger partial charge >= 0.3 is 0 Å². The molecule has 1 saturated heterocycles. The highest BCUT2D eigenvalue weighted by atomic mass is 79.9. The van der Waals surface area contributed by atoms with Crippen molar-refractivity contribution in [3.05, 3.63) is 22.2 Å². The molecule has 1 aliphatic rings. The number of methoxy groups -OCH3 is 2. The molecular formula is C14H21BrClNO3. The van der Waals surface area contributed by atoms with Crippen LogP contribution in [0.5, 0.6) is 11.5 Å². The molecule has 1 aromatic rings. The minimum Gasteiger partial charge on any atom is -0.493 e. The zero-order valence-electron chi connectivity index (χ0n) is 11.8. The van der Waals surface area contributed by atoms with Crippen molar-refractivity contribution in [3.63, 3.8) is 0 Å². The van der Waals surface area contributed by atoms with Crippen LogP contribution in [0.25, 0.3) is 0 Å². The zero-order valence-corrected chi connectivity index (χ0v) is 14.2. The van der Waals surface area contributed by atoms with Crippen LogP contribution in [0, 0.1) is 0 Å². The molecule has 4 nitrogen and oxygen atoms in total. The third-order valence-corrected chi connectivity index (χ3v) is 3.81. The largest absolute Gasteiger partial charge is 0.493 e. The molecule has 1 unspecified atom stereocenters. The quantitative estimate of drug-likeness (QED) is 0.839. The minimum atomic E-state index is 0. The third kappa shape index (κ3) is 4.52. The van der Waals surface area contributed by atoms with E-state index < -0.39 is 0 Å². The van der Waals surface area contributed by atoms with Crippen LogP contribution in [0.4, 0.5) is 0 Å². The first-order valence-electron chi connectivity index (χ1n) is 6.47. The van der Waals surface area contributed by atoms with Gasteiger partial charge in [0.1, 0.15) is 0 Å². The number of ether oxygens (including phenoxy) is 3. The Morgan fingerprint density at radius 1 is 1.35 bits per heavy atom. The van der Waals surface area contributed by atoms with Crippen molar-refractivity contribution in [3.8, 4) is 11.5 Å². The van der Waals surface area contributed by atoms with Crippen molar-refractivity contribution < 1.29 is 14.2 Å². The summed E-state index contributed by atoms with van der Waals surface area (Å²) in [6.07, 6.45) is 2.69. The van der Waals surface area contributed by atoms with E-state index in [0.29, 0.717) is 6.10 Å².